The summed E-state index contributed by atoms with van der Waals surface area (Å²) >= 11 is 3.38. The van der Waals surface area contributed by atoms with E-state index >= 15 is 0 Å². The number of halogens is 1. The Morgan fingerprint density at radius 3 is 2.50 bits per heavy atom. The second kappa shape index (κ2) is 7.31. The van der Waals surface area contributed by atoms with E-state index in [1.165, 1.54) is 0 Å². The van der Waals surface area contributed by atoms with Gasteiger partial charge in [-0.3, -0.25) is 0 Å². The molecule has 7 nitrogen and oxygen atoms in total. The molecule has 0 amide bonds. The number of rotatable bonds is 5. The van der Waals surface area contributed by atoms with Crippen molar-refractivity contribution in [1.29, 1.82) is 0 Å². The fourth-order valence-corrected chi connectivity index (χ4v) is 2.17. The molecule has 0 radical (unpaired) electrons. The van der Waals surface area contributed by atoms with E-state index in [4.69, 9.17) is 10.5 Å². The molecule has 2 aromatic rings. The summed E-state index contributed by atoms with van der Waals surface area (Å²) in [4.78, 5) is 12.5. The molecule has 2 heterocycles. The van der Waals surface area contributed by atoms with Crippen LogP contribution in [0.25, 0.3) is 0 Å². The summed E-state index contributed by atoms with van der Waals surface area (Å²) in [5.41, 5.74) is 12.7. The van der Waals surface area contributed by atoms with Gasteiger partial charge in [0, 0.05) is 23.4 Å². The highest BCUT2D eigenvalue weighted by atomic mass is 79.9. The van der Waals surface area contributed by atoms with E-state index in [2.05, 4.69) is 55.6 Å². The highest BCUT2D eigenvalue weighted by molar-refractivity contribution is 9.10. The molecule has 0 aromatic carbocycles. The fourth-order valence-electron chi connectivity index (χ4n) is 1.86. The van der Waals surface area contributed by atoms with Crippen LogP contribution in [0.2, 0.25) is 0 Å². The molecule has 2 aromatic heterocycles. The minimum absolute atomic E-state index is 0.153. The Hall–Kier alpha value is -1.93. The van der Waals surface area contributed by atoms with Gasteiger partial charge in [-0.15, -0.1) is 0 Å². The van der Waals surface area contributed by atoms with Crippen LogP contribution in [0, 0.1) is 0 Å². The van der Waals surface area contributed by atoms with Crippen LogP contribution in [-0.2, 0) is 0 Å². The van der Waals surface area contributed by atoms with E-state index in [1.54, 1.807) is 12.4 Å². The standard InChI is InChI=1S/C16H23BrN6O/c1-9(2)10-7-19-13(17)6-11(10)24-12-8-20-15(18)21-14(12)22-23-16(3,4)5/h6-9,23H,1-5H3,(H3,18,20,21,22). The molecular formula is C16H23BrN6O. The lowest BCUT2D eigenvalue weighted by molar-refractivity contribution is 0.450. The Balaban J connectivity index is 2.34. The molecule has 2 rings (SSSR count). The van der Waals surface area contributed by atoms with Gasteiger partial charge in [0.1, 0.15) is 10.4 Å². The van der Waals surface area contributed by atoms with Crippen molar-refractivity contribution in [2.45, 2.75) is 46.1 Å². The molecule has 0 unspecified atom stereocenters. The van der Waals surface area contributed by atoms with Crippen LogP contribution in [0.1, 0.15) is 46.1 Å². The molecule has 0 aliphatic heterocycles. The van der Waals surface area contributed by atoms with Gasteiger partial charge in [-0.1, -0.05) is 13.8 Å². The monoisotopic (exact) mass is 394 g/mol. The lowest BCUT2D eigenvalue weighted by Crippen LogP contribution is -2.40. The molecule has 24 heavy (non-hydrogen) atoms. The number of pyridine rings is 1. The van der Waals surface area contributed by atoms with E-state index in [-0.39, 0.29) is 17.4 Å². The van der Waals surface area contributed by atoms with E-state index in [0.717, 1.165) is 5.56 Å². The fraction of sp³-hybridized carbons (Fsp3) is 0.438. The number of hydrogen-bond acceptors (Lipinski definition) is 7. The second-order valence-electron chi connectivity index (χ2n) is 6.74. The Bertz CT molecular complexity index is 714. The molecule has 0 saturated carbocycles. The van der Waals surface area contributed by atoms with Crippen molar-refractivity contribution >= 4 is 27.7 Å². The maximum atomic E-state index is 6.05. The SMILES string of the molecule is CC(C)c1cnc(Br)cc1Oc1cnc(N)nc1NNC(C)(C)C. The van der Waals surface area contributed by atoms with E-state index in [1.807, 2.05) is 26.8 Å². The van der Waals surface area contributed by atoms with Crippen molar-refractivity contribution in [3.63, 3.8) is 0 Å². The summed E-state index contributed by atoms with van der Waals surface area (Å²) < 4.78 is 6.74. The van der Waals surface area contributed by atoms with Gasteiger partial charge in [0.2, 0.25) is 5.95 Å². The van der Waals surface area contributed by atoms with E-state index in [9.17, 15) is 0 Å². The van der Waals surface area contributed by atoms with Gasteiger partial charge >= 0.3 is 0 Å². The molecule has 0 atom stereocenters. The van der Waals surface area contributed by atoms with Gasteiger partial charge in [0.05, 0.1) is 6.20 Å². The zero-order valence-corrected chi connectivity index (χ0v) is 16.1. The quantitative estimate of drug-likeness (QED) is 0.523. The van der Waals surface area contributed by atoms with E-state index in [0.29, 0.717) is 21.9 Å². The molecular weight excluding hydrogens is 372 g/mol. The van der Waals surface area contributed by atoms with Crippen LogP contribution in [0.3, 0.4) is 0 Å². The topological polar surface area (TPSA) is 98.0 Å². The zero-order chi connectivity index (χ0) is 17.9. The third kappa shape index (κ3) is 5.04. The van der Waals surface area contributed by atoms with Crippen LogP contribution in [0.15, 0.2) is 23.1 Å². The van der Waals surface area contributed by atoms with Crippen molar-refractivity contribution in [1.82, 2.24) is 20.4 Å². The van der Waals surface area contributed by atoms with Gasteiger partial charge in [-0.2, -0.15) is 4.98 Å². The summed E-state index contributed by atoms with van der Waals surface area (Å²) in [6.07, 6.45) is 3.34. The maximum absolute atomic E-state index is 6.05. The summed E-state index contributed by atoms with van der Waals surface area (Å²) in [5, 5.41) is 0. The number of nitrogens with one attached hydrogen (secondary N) is 2. The second-order valence-corrected chi connectivity index (χ2v) is 7.56. The molecule has 8 heteroatoms. The Morgan fingerprint density at radius 1 is 1.17 bits per heavy atom. The minimum atomic E-state index is -0.153. The third-order valence-corrected chi connectivity index (χ3v) is 3.47. The summed E-state index contributed by atoms with van der Waals surface area (Å²) in [7, 11) is 0. The van der Waals surface area contributed by atoms with Crippen molar-refractivity contribution in [2.24, 2.45) is 0 Å². The normalized spacial score (nSPS) is 11.6. The number of aromatic nitrogens is 3. The van der Waals surface area contributed by atoms with Crippen molar-refractivity contribution in [3.05, 3.63) is 28.6 Å². The first-order valence-corrected chi connectivity index (χ1v) is 8.44. The van der Waals surface area contributed by atoms with Crippen LogP contribution in [0.5, 0.6) is 11.5 Å². The summed E-state index contributed by atoms with van der Waals surface area (Å²) in [6.45, 7) is 10.3. The maximum Gasteiger partial charge on any atom is 0.222 e. The molecule has 130 valence electrons. The lowest BCUT2D eigenvalue weighted by atomic mass is 10.1. The molecule has 0 aliphatic rings. The van der Waals surface area contributed by atoms with Gasteiger partial charge in [0.15, 0.2) is 11.6 Å². The highest BCUT2D eigenvalue weighted by Gasteiger charge is 2.16. The Morgan fingerprint density at radius 2 is 1.88 bits per heavy atom. The van der Waals surface area contributed by atoms with Crippen molar-refractivity contribution in [3.8, 4) is 11.5 Å². The lowest BCUT2D eigenvalue weighted by Gasteiger charge is -2.22. The average Bonchev–Trinajstić information content (AvgIpc) is 2.46. The number of anilines is 2. The molecule has 0 bridgehead atoms. The van der Waals surface area contributed by atoms with Crippen LogP contribution >= 0.6 is 15.9 Å². The first-order chi connectivity index (χ1) is 11.2. The van der Waals surface area contributed by atoms with Gasteiger partial charge in [-0.25, -0.2) is 15.4 Å². The zero-order valence-electron chi connectivity index (χ0n) is 14.5. The number of hydrogen-bond donors (Lipinski definition) is 3. The van der Waals surface area contributed by atoms with E-state index < -0.39 is 0 Å². The minimum Gasteiger partial charge on any atom is -0.451 e. The third-order valence-electron chi connectivity index (χ3n) is 3.03. The van der Waals surface area contributed by atoms with Gasteiger partial charge in [-0.05, 0) is 42.6 Å². The van der Waals surface area contributed by atoms with Gasteiger partial charge in [0.25, 0.3) is 0 Å². The number of ether oxygens (including phenoxy) is 1. The Kier molecular flexibility index (Phi) is 5.61. The predicted molar refractivity (Wildman–Crippen MR) is 99.1 cm³/mol. The summed E-state index contributed by atoms with van der Waals surface area (Å²) in [6, 6.07) is 1.83. The van der Waals surface area contributed by atoms with Crippen LogP contribution in [-0.4, -0.2) is 20.5 Å². The number of nitrogens with zero attached hydrogens (tertiary/aromatic N) is 3. The van der Waals surface area contributed by atoms with Crippen LogP contribution in [0.4, 0.5) is 11.8 Å². The highest BCUT2D eigenvalue weighted by Crippen LogP contribution is 2.34. The van der Waals surface area contributed by atoms with Gasteiger partial charge < -0.3 is 15.9 Å². The average molecular weight is 395 g/mol. The van der Waals surface area contributed by atoms with Crippen molar-refractivity contribution in [2.75, 3.05) is 11.2 Å². The first-order valence-electron chi connectivity index (χ1n) is 7.64. The van der Waals surface area contributed by atoms with Crippen LogP contribution < -0.4 is 21.3 Å². The Labute approximate surface area is 150 Å². The van der Waals surface area contributed by atoms with Crippen molar-refractivity contribution < 1.29 is 4.74 Å². The molecule has 0 spiro atoms. The summed E-state index contributed by atoms with van der Waals surface area (Å²) in [5.74, 6) is 2.07. The first kappa shape index (κ1) is 18.4. The number of nitrogen functional groups attached to an aromatic ring is 1. The molecule has 0 saturated heterocycles. The predicted octanol–water partition coefficient (Wildman–Crippen LogP) is 3.85. The molecule has 4 N–H and O–H groups in total. The molecule has 0 aliphatic carbocycles. The number of nitrogens with two attached hydrogens (primary N) is 1. The smallest absolute Gasteiger partial charge is 0.222 e. The number of hydrazine groups is 1. The largest absolute Gasteiger partial charge is 0.451 e. The molecule has 0 fully saturated rings.